The van der Waals surface area contributed by atoms with Gasteiger partial charge in [-0.15, -0.1) is 0 Å². The Bertz CT molecular complexity index is 354. The Morgan fingerprint density at radius 1 is 1.40 bits per heavy atom. The summed E-state index contributed by atoms with van der Waals surface area (Å²) in [5, 5.41) is 4.68. The number of piperazine rings is 1. The highest BCUT2D eigenvalue weighted by atomic mass is 35.5. The molecule has 1 aliphatic rings. The van der Waals surface area contributed by atoms with Crippen LogP contribution in [-0.4, -0.2) is 25.7 Å². The molecule has 0 aromatic heterocycles. The summed E-state index contributed by atoms with van der Waals surface area (Å²) in [4.78, 5) is 2.27. The lowest BCUT2D eigenvalue weighted by atomic mass is 10.2. The molecule has 1 aromatic rings. The molecule has 1 aromatic carbocycles. The maximum Gasteiger partial charge on any atom is 0.0825 e. The van der Waals surface area contributed by atoms with Gasteiger partial charge in [-0.2, -0.15) is 0 Å². The predicted octanol–water partition coefficient (Wildman–Crippen LogP) is 2.79. The van der Waals surface area contributed by atoms with Gasteiger partial charge in [0, 0.05) is 25.7 Å². The summed E-state index contributed by atoms with van der Waals surface area (Å²) >= 11 is 12.2. The fraction of sp³-hybridized carbons (Fsp3) is 0.455. The lowest BCUT2D eigenvalue weighted by Crippen LogP contribution is -2.49. The van der Waals surface area contributed by atoms with E-state index in [1.54, 1.807) is 0 Å². The fourth-order valence-electron chi connectivity index (χ4n) is 1.89. The van der Waals surface area contributed by atoms with Crippen LogP contribution in [-0.2, 0) is 0 Å². The Hall–Kier alpha value is -0.440. The van der Waals surface area contributed by atoms with Crippen molar-refractivity contribution in [1.29, 1.82) is 0 Å². The Kier molecular flexibility index (Phi) is 3.39. The second-order valence-electron chi connectivity index (χ2n) is 3.87. The van der Waals surface area contributed by atoms with Gasteiger partial charge in [0.15, 0.2) is 0 Å². The average Bonchev–Trinajstić information content (AvgIpc) is 2.22. The molecule has 1 saturated heterocycles. The van der Waals surface area contributed by atoms with Gasteiger partial charge in [-0.05, 0) is 19.1 Å². The third kappa shape index (κ3) is 2.39. The van der Waals surface area contributed by atoms with Crippen LogP contribution in [0.15, 0.2) is 18.2 Å². The van der Waals surface area contributed by atoms with Crippen LogP contribution in [0.2, 0.25) is 10.0 Å². The van der Waals surface area contributed by atoms with Gasteiger partial charge in [0.2, 0.25) is 0 Å². The number of nitrogens with one attached hydrogen (secondary N) is 1. The van der Waals surface area contributed by atoms with Crippen LogP contribution < -0.4 is 10.2 Å². The van der Waals surface area contributed by atoms with Gasteiger partial charge in [0.05, 0.1) is 15.7 Å². The molecule has 2 rings (SSSR count). The molecule has 0 amide bonds. The van der Waals surface area contributed by atoms with Crippen molar-refractivity contribution >= 4 is 28.9 Å². The highest BCUT2D eigenvalue weighted by Gasteiger charge is 2.18. The summed E-state index contributed by atoms with van der Waals surface area (Å²) in [6.45, 7) is 5.11. The van der Waals surface area contributed by atoms with Crippen LogP contribution in [0, 0.1) is 0 Å². The maximum absolute atomic E-state index is 6.18. The molecule has 0 aliphatic carbocycles. The molecule has 1 atom stereocenters. The Morgan fingerprint density at radius 2 is 2.20 bits per heavy atom. The molecule has 1 aliphatic heterocycles. The first-order valence-corrected chi connectivity index (χ1v) is 5.86. The second kappa shape index (κ2) is 4.60. The van der Waals surface area contributed by atoms with E-state index in [4.69, 9.17) is 23.2 Å². The van der Waals surface area contributed by atoms with E-state index in [-0.39, 0.29) is 0 Å². The van der Waals surface area contributed by atoms with Crippen LogP contribution in [0.5, 0.6) is 0 Å². The molecule has 4 heteroatoms. The third-order valence-electron chi connectivity index (χ3n) is 2.64. The van der Waals surface area contributed by atoms with E-state index in [9.17, 15) is 0 Å². The number of hydrogen-bond acceptors (Lipinski definition) is 2. The molecule has 0 radical (unpaired) electrons. The van der Waals surface area contributed by atoms with E-state index in [1.807, 2.05) is 18.2 Å². The molecule has 0 saturated carbocycles. The van der Waals surface area contributed by atoms with Crippen molar-refractivity contribution in [3.8, 4) is 0 Å². The van der Waals surface area contributed by atoms with Gasteiger partial charge in [-0.1, -0.05) is 29.3 Å². The molecule has 2 nitrogen and oxygen atoms in total. The first-order valence-electron chi connectivity index (χ1n) is 5.11. The minimum atomic E-state index is 0.494. The van der Waals surface area contributed by atoms with Crippen molar-refractivity contribution in [2.75, 3.05) is 24.5 Å². The van der Waals surface area contributed by atoms with E-state index >= 15 is 0 Å². The number of benzene rings is 1. The first kappa shape index (κ1) is 11.1. The Balaban J connectivity index is 2.24. The average molecular weight is 245 g/mol. The highest BCUT2D eigenvalue weighted by Crippen LogP contribution is 2.32. The normalized spacial score (nSPS) is 21.8. The molecule has 15 heavy (non-hydrogen) atoms. The van der Waals surface area contributed by atoms with Crippen molar-refractivity contribution in [3.63, 3.8) is 0 Å². The fourth-order valence-corrected chi connectivity index (χ4v) is 2.30. The third-order valence-corrected chi connectivity index (χ3v) is 3.45. The molecule has 1 N–H and O–H groups in total. The summed E-state index contributed by atoms with van der Waals surface area (Å²) in [6.07, 6.45) is 0. The lowest BCUT2D eigenvalue weighted by Gasteiger charge is -2.34. The van der Waals surface area contributed by atoms with Crippen molar-refractivity contribution in [3.05, 3.63) is 28.2 Å². The van der Waals surface area contributed by atoms with Gasteiger partial charge in [0.25, 0.3) is 0 Å². The molecular weight excluding hydrogens is 231 g/mol. The summed E-state index contributed by atoms with van der Waals surface area (Å²) in [5.41, 5.74) is 1.04. The number of hydrogen-bond donors (Lipinski definition) is 1. The molecule has 82 valence electrons. The van der Waals surface area contributed by atoms with Crippen LogP contribution >= 0.6 is 23.2 Å². The summed E-state index contributed by atoms with van der Waals surface area (Å²) in [7, 11) is 0. The Labute approximate surface area is 100 Å². The molecule has 1 fully saturated rings. The summed E-state index contributed by atoms with van der Waals surface area (Å²) in [6, 6.07) is 6.27. The smallest absolute Gasteiger partial charge is 0.0825 e. The second-order valence-corrected chi connectivity index (χ2v) is 4.66. The van der Waals surface area contributed by atoms with Crippen molar-refractivity contribution in [1.82, 2.24) is 5.32 Å². The van der Waals surface area contributed by atoms with Crippen LogP contribution in [0.25, 0.3) is 0 Å². The van der Waals surface area contributed by atoms with Gasteiger partial charge in [0.1, 0.15) is 0 Å². The van der Waals surface area contributed by atoms with E-state index in [0.29, 0.717) is 16.1 Å². The largest absolute Gasteiger partial charge is 0.367 e. The molecule has 1 heterocycles. The van der Waals surface area contributed by atoms with E-state index in [1.165, 1.54) is 0 Å². The summed E-state index contributed by atoms with van der Waals surface area (Å²) in [5.74, 6) is 0. The van der Waals surface area contributed by atoms with Crippen LogP contribution in [0.1, 0.15) is 6.92 Å². The Morgan fingerprint density at radius 3 is 2.93 bits per heavy atom. The zero-order chi connectivity index (χ0) is 10.8. The van der Waals surface area contributed by atoms with Crippen LogP contribution in [0.4, 0.5) is 5.69 Å². The zero-order valence-corrected chi connectivity index (χ0v) is 10.1. The van der Waals surface area contributed by atoms with Crippen molar-refractivity contribution < 1.29 is 0 Å². The summed E-state index contributed by atoms with van der Waals surface area (Å²) < 4.78 is 0. The van der Waals surface area contributed by atoms with Gasteiger partial charge in [-0.3, -0.25) is 0 Å². The molecule has 0 unspecified atom stereocenters. The van der Waals surface area contributed by atoms with Gasteiger partial charge < -0.3 is 10.2 Å². The van der Waals surface area contributed by atoms with Crippen LogP contribution in [0.3, 0.4) is 0 Å². The highest BCUT2D eigenvalue weighted by molar-refractivity contribution is 6.43. The molecule has 0 spiro atoms. The van der Waals surface area contributed by atoms with E-state index in [0.717, 1.165) is 25.3 Å². The number of nitrogens with zero attached hydrogens (tertiary/aromatic N) is 1. The topological polar surface area (TPSA) is 15.3 Å². The first-order chi connectivity index (χ1) is 7.18. The van der Waals surface area contributed by atoms with Crippen molar-refractivity contribution in [2.24, 2.45) is 0 Å². The minimum absolute atomic E-state index is 0.494. The van der Waals surface area contributed by atoms with E-state index < -0.39 is 0 Å². The zero-order valence-electron chi connectivity index (χ0n) is 8.63. The molecular formula is C11H14Cl2N2. The lowest BCUT2D eigenvalue weighted by molar-refractivity contribution is 0.485. The van der Waals surface area contributed by atoms with E-state index in [2.05, 4.69) is 17.1 Å². The maximum atomic E-state index is 6.18. The minimum Gasteiger partial charge on any atom is -0.367 e. The standard InChI is InChI=1S/C11H14Cl2N2/c1-8-7-15(6-5-14-8)10-4-2-3-9(12)11(10)13/h2-4,8,14H,5-7H2,1H3/t8-/m1/s1. The quantitative estimate of drug-likeness (QED) is 0.818. The predicted molar refractivity (Wildman–Crippen MR) is 66.1 cm³/mol. The number of anilines is 1. The molecule has 0 bridgehead atoms. The monoisotopic (exact) mass is 244 g/mol. The van der Waals surface area contributed by atoms with Gasteiger partial charge >= 0.3 is 0 Å². The number of halogens is 2. The SMILES string of the molecule is C[C@@H]1CN(c2cccc(Cl)c2Cl)CCN1. The van der Waals surface area contributed by atoms with Crippen molar-refractivity contribution in [2.45, 2.75) is 13.0 Å². The number of rotatable bonds is 1. The van der Waals surface area contributed by atoms with Gasteiger partial charge in [-0.25, -0.2) is 0 Å².